The topological polar surface area (TPSA) is 107 Å². The molecule has 0 saturated carbocycles. The highest BCUT2D eigenvalue weighted by molar-refractivity contribution is 7.15. The van der Waals surface area contributed by atoms with Gasteiger partial charge in [0, 0.05) is 12.8 Å². The molecule has 0 saturated heterocycles. The molecule has 3 aromatic rings. The van der Waals surface area contributed by atoms with Crippen LogP contribution in [0.25, 0.3) is 0 Å². The van der Waals surface area contributed by atoms with E-state index in [2.05, 4.69) is 25.7 Å². The van der Waals surface area contributed by atoms with Gasteiger partial charge in [0.25, 0.3) is 0 Å². The number of amides is 1. The van der Waals surface area contributed by atoms with E-state index in [-0.39, 0.29) is 18.3 Å². The number of benzene rings is 1. The van der Waals surface area contributed by atoms with E-state index in [1.165, 1.54) is 22.7 Å². The molecule has 0 bridgehead atoms. The van der Waals surface area contributed by atoms with E-state index < -0.39 is 0 Å². The van der Waals surface area contributed by atoms with Gasteiger partial charge in [0.05, 0.1) is 19.4 Å². The summed E-state index contributed by atoms with van der Waals surface area (Å²) in [6.45, 7) is 2.15. The molecule has 0 aliphatic carbocycles. The standard InChI is InChI=1S/C20H23N5O3S2/c1-2-28-19(27)13-18-24-22-16(29-18)10-6-7-11-17-23-25-20(30-17)21-15(26)12-14-8-4-3-5-9-14/h3-5,8-9H,2,6-7,10-13H2,1H3,(H,21,25,26). The highest BCUT2D eigenvalue weighted by Crippen LogP contribution is 2.19. The van der Waals surface area contributed by atoms with Gasteiger partial charge in [-0.25, -0.2) is 0 Å². The summed E-state index contributed by atoms with van der Waals surface area (Å²) < 4.78 is 4.92. The number of anilines is 1. The van der Waals surface area contributed by atoms with Gasteiger partial charge >= 0.3 is 5.97 Å². The van der Waals surface area contributed by atoms with E-state index in [1.54, 1.807) is 6.92 Å². The molecule has 1 N–H and O–H groups in total. The maximum atomic E-state index is 12.1. The van der Waals surface area contributed by atoms with Crippen LogP contribution in [-0.2, 0) is 40.0 Å². The van der Waals surface area contributed by atoms with Crippen LogP contribution in [-0.4, -0.2) is 38.9 Å². The van der Waals surface area contributed by atoms with Crippen LogP contribution < -0.4 is 5.32 Å². The fraction of sp³-hybridized carbons (Fsp3) is 0.400. The van der Waals surface area contributed by atoms with Gasteiger partial charge in [0.2, 0.25) is 11.0 Å². The summed E-state index contributed by atoms with van der Waals surface area (Å²) in [5.74, 6) is -0.373. The average Bonchev–Trinajstić information content (AvgIpc) is 3.35. The number of nitrogens with one attached hydrogen (secondary N) is 1. The molecule has 2 aromatic heterocycles. The number of aryl methyl sites for hydroxylation is 2. The second-order valence-electron chi connectivity index (χ2n) is 6.49. The van der Waals surface area contributed by atoms with Crippen LogP contribution in [0.2, 0.25) is 0 Å². The SMILES string of the molecule is CCOC(=O)Cc1nnc(CCCCc2nnc(NC(=O)Cc3ccccc3)s2)s1. The number of ether oxygens (including phenoxy) is 1. The highest BCUT2D eigenvalue weighted by atomic mass is 32.1. The third kappa shape index (κ3) is 7.27. The molecule has 1 aromatic carbocycles. The third-order valence-electron chi connectivity index (χ3n) is 4.06. The molecular weight excluding hydrogens is 422 g/mol. The predicted octanol–water partition coefficient (Wildman–Crippen LogP) is 3.24. The van der Waals surface area contributed by atoms with Crippen molar-refractivity contribution in [3.05, 3.63) is 50.9 Å². The lowest BCUT2D eigenvalue weighted by Crippen LogP contribution is -2.14. The predicted molar refractivity (Wildman–Crippen MR) is 116 cm³/mol. The lowest BCUT2D eigenvalue weighted by molar-refractivity contribution is -0.142. The zero-order valence-electron chi connectivity index (χ0n) is 16.7. The summed E-state index contributed by atoms with van der Waals surface area (Å²) in [6.07, 6.45) is 3.95. The average molecular weight is 446 g/mol. The Morgan fingerprint density at radius 3 is 2.30 bits per heavy atom. The van der Waals surface area contributed by atoms with Crippen LogP contribution in [0.3, 0.4) is 0 Å². The number of unbranched alkanes of at least 4 members (excludes halogenated alkanes) is 1. The quantitative estimate of drug-likeness (QED) is 0.357. The van der Waals surface area contributed by atoms with Crippen molar-refractivity contribution in [1.82, 2.24) is 20.4 Å². The maximum Gasteiger partial charge on any atom is 0.312 e. The van der Waals surface area contributed by atoms with Gasteiger partial charge in [-0.05, 0) is 25.3 Å². The Kier molecular flexibility index (Phi) is 8.40. The Hall–Kier alpha value is -2.72. The highest BCUT2D eigenvalue weighted by Gasteiger charge is 2.11. The van der Waals surface area contributed by atoms with Crippen LogP contribution in [0.15, 0.2) is 30.3 Å². The first-order valence-corrected chi connectivity index (χ1v) is 11.4. The number of aromatic nitrogens is 4. The first-order chi connectivity index (χ1) is 14.6. The molecule has 30 heavy (non-hydrogen) atoms. The van der Waals surface area contributed by atoms with Gasteiger partial charge in [-0.1, -0.05) is 41.7 Å². The summed E-state index contributed by atoms with van der Waals surface area (Å²) in [6, 6.07) is 9.58. The van der Waals surface area contributed by atoms with E-state index in [0.717, 1.165) is 41.3 Å². The summed E-state index contributed by atoms with van der Waals surface area (Å²) in [5, 5.41) is 22.2. The number of carbonyl (C=O) groups excluding carboxylic acids is 2. The molecule has 8 nitrogen and oxygen atoms in total. The molecule has 0 atom stereocenters. The Morgan fingerprint density at radius 2 is 1.57 bits per heavy atom. The summed E-state index contributed by atoms with van der Waals surface area (Å²) >= 11 is 2.85. The lowest BCUT2D eigenvalue weighted by atomic mass is 10.1. The van der Waals surface area contributed by atoms with Gasteiger partial charge in [-0.2, -0.15) is 0 Å². The number of carbonyl (C=O) groups is 2. The van der Waals surface area contributed by atoms with Crippen molar-refractivity contribution in [1.29, 1.82) is 0 Å². The van der Waals surface area contributed by atoms with Crippen LogP contribution in [0.5, 0.6) is 0 Å². The molecule has 158 valence electrons. The molecule has 0 aliphatic rings. The lowest BCUT2D eigenvalue weighted by Gasteiger charge is -2.00. The largest absolute Gasteiger partial charge is 0.466 e. The van der Waals surface area contributed by atoms with E-state index in [9.17, 15) is 9.59 Å². The smallest absolute Gasteiger partial charge is 0.312 e. The summed E-state index contributed by atoms with van der Waals surface area (Å²) in [5.41, 5.74) is 0.960. The number of nitrogens with zero attached hydrogens (tertiary/aromatic N) is 4. The molecule has 0 radical (unpaired) electrons. The molecule has 10 heteroatoms. The van der Waals surface area contributed by atoms with Crippen molar-refractivity contribution < 1.29 is 14.3 Å². The second-order valence-corrected chi connectivity index (χ2v) is 8.70. The number of hydrogen-bond donors (Lipinski definition) is 1. The molecule has 0 spiro atoms. The van der Waals surface area contributed by atoms with Crippen LogP contribution in [0, 0.1) is 0 Å². The number of rotatable bonds is 11. The minimum Gasteiger partial charge on any atom is -0.466 e. The fourth-order valence-corrected chi connectivity index (χ4v) is 4.37. The van der Waals surface area contributed by atoms with E-state index in [1.807, 2.05) is 30.3 Å². The summed E-state index contributed by atoms with van der Waals surface area (Å²) in [7, 11) is 0. The van der Waals surface area contributed by atoms with Crippen molar-refractivity contribution in [2.45, 2.75) is 45.4 Å². The molecule has 2 heterocycles. The molecule has 0 aliphatic heterocycles. The van der Waals surface area contributed by atoms with E-state index in [4.69, 9.17) is 4.74 Å². The van der Waals surface area contributed by atoms with Crippen LogP contribution >= 0.6 is 22.7 Å². The Labute approximate surface area is 182 Å². The Bertz CT molecular complexity index is 958. The van der Waals surface area contributed by atoms with Crippen molar-refractivity contribution in [3.8, 4) is 0 Å². The van der Waals surface area contributed by atoms with Gasteiger partial charge in [0.15, 0.2) is 0 Å². The van der Waals surface area contributed by atoms with Gasteiger partial charge in [-0.3, -0.25) is 9.59 Å². The minimum absolute atomic E-state index is 0.0983. The van der Waals surface area contributed by atoms with Crippen LogP contribution in [0.4, 0.5) is 5.13 Å². The Morgan fingerprint density at radius 1 is 0.900 bits per heavy atom. The van der Waals surface area contributed by atoms with Crippen LogP contribution in [0.1, 0.15) is 40.4 Å². The number of hydrogen-bond acceptors (Lipinski definition) is 9. The molecular formula is C20H23N5O3S2. The molecule has 3 rings (SSSR count). The zero-order valence-corrected chi connectivity index (χ0v) is 18.3. The normalized spacial score (nSPS) is 10.7. The van der Waals surface area contributed by atoms with Gasteiger partial charge < -0.3 is 10.1 Å². The van der Waals surface area contributed by atoms with Crippen molar-refractivity contribution >= 4 is 39.7 Å². The summed E-state index contributed by atoms with van der Waals surface area (Å²) in [4.78, 5) is 23.6. The first-order valence-electron chi connectivity index (χ1n) is 9.75. The van der Waals surface area contributed by atoms with Gasteiger partial charge in [0.1, 0.15) is 15.0 Å². The minimum atomic E-state index is -0.275. The van der Waals surface area contributed by atoms with Crippen molar-refractivity contribution in [2.24, 2.45) is 0 Å². The zero-order chi connectivity index (χ0) is 21.2. The van der Waals surface area contributed by atoms with E-state index >= 15 is 0 Å². The van der Waals surface area contributed by atoms with E-state index in [0.29, 0.717) is 23.2 Å². The third-order valence-corrected chi connectivity index (χ3v) is 5.94. The number of esters is 1. The molecule has 0 fully saturated rings. The van der Waals surface area contributed by atoms with Crippen molar-refractivity contribution in [3.63, 3.8) is 0 Å². The monoisotopic (exact) mass is 445 g/mol. The molecule has 1 amide bonds. The Balaban J connectivity index is 1.36. The molecule has 0 unspecified atom stereocenters. The second kappa shape index (κ2) is 11.5. The van der Waals surface area contributed by atoms with Gasteiger partial charge in [-0.15, -0.1) is 31.7 Å². The maximum absolute atomic E-state index is 12.1. The van der Waals surface area contributed by atoms with Crippen molar-refractivity contribution in [2.75, 3.05) is 11.9 Å². The first kappa shape index (κ1) is 22.0. The fourth-order valence-electron chi connectivity index (χ4n) is 2.70.